The van der Waals surface area contributed by atoms with Gasteiger partial charge in [0.25, 0.3) is 5.91 Å². The van der Waals surface area contributed by atoms with Gasteiger partial charge in [-0.15, -0.1) is 0 Å². The second-order valence-electron chi connectivity index (χ2n) is 5.74. The third-order valence-electron chi connectivity index (χ3n) is 2.64. The minimum atomic E-state index is -0.475. The van der Waals surface area contributed by atoms with E-state index >= 15 is 0 Å². The molecule has 0 aliphatic rings. The lowest BCUT2D eigenvalue weighted by atomic mass is 10.1. The summed E-state index contributed by atoms with van der Waals surface area (Å²) in [7, 11) is 0. The molecule has 0 aliphatic heterocycles. The minimum absolute atomic E-state index is 0.0847. The second kappa shape index (κ2) is 5.91. The summed E-state index contributed by atoms with van der Waals surface area (Å²) in [5, 5.41) is 5.75. The lowest BCUT2D eigenvalue weighted by molar-refractivity contribution is 0.102. The molecule has 2 aromatic rings. The van der Waals surface area contributed by atoms with Crippen LogP contribution in [0, 0.1) is 5.82 Å². The van der Waals surface area contributed by atoms with E-state index in [9.17, 15) is 9.18 Å². The van der Waals surface area contributed by atoms with E-state index in [1.54, 1.807) is 30.5 Å². The molecule has 1 aromatic heterocycles. The van der Waals surface area contributed by atoms with Crippen LogP contribution in [0.5, 0.6) is 0 Å². The first-order valence-electron chi connectivity index (χ1n) is 6.65. The number of carbonyl (C=O) groups is 1. The molecular formula is C16H18FN3O. The molecule has 0 saturated carbocycles. The van der Waals surface area contributed by atoms with Gasteiger partial charge in [0.15, 0.2) is 0 Å². The van der Waals surface area contributed by atoms with Gasteiger partial charge in [-0.05, 0) is 45.0 Å². The maximum absolute atomic E-state index is 13.5. The lowest BCUT2D eigenvalue weighted by Crippen LogP contribution is -2.26. The van der Waals surface area contributed by atoms with Gasteiger partial charge in [0, 0.05) is 5.54 Å². The average molecular weight is 287 g/mol. The molecule has 1 heterocycles. The zero-order chi connectivity index (χ0) is 15.5. The van der Waals surface area contributed by atoms with Crippen LogP contribution in [0.4, 0.5) is 15.8 Å². The Morgan fingerprint density at radius 3 is 2.43 bits per heavy atom. The molecule has 110 valence electrons. The van der Waals surface area contributed by atoms with Gasteiger partial charge >= 0.3 is 0 Å². The van der Waals surface area contributed by atoms with Gasteiger partial charge in [-0.1, -0.05) is 12.1 Å². The van der Waals surface area contributed by atoms with Crippen molar-refractivity contribution in [3.63, 3.8) is 0 Å². The Labute approximate surface area is 123 Å². The summed E-state index contributed by atoms with van der Waals surface area (Å²) >= 11 is 0. The number of halogens is 1. The number of aromatic nitrogens is 1. The quantitative estimate of drug-likeness (QED) is 0.905. The van der Waals surface area contributed by atoms with Crippen molar-refractivity contribution in [3.8, 4) is 0 Å². The third-order valence-corrected chi connectivity index (χ3v) is 2.64. The first kappa shape index (κ1) is 15.0. The van der Waals surface area contributed by atoms with Gasteiger partial charge in [0.1, 0.15) is 11.5 Å². The summed E-state index contributed by atoms with van der Waals surface area (Å²) in [6.45, 7) is 6.10. The molecule has 2 N–H and O–H groups in total. The van der Waals surface area contributed by atoms with Crippen LogP contribution in [-0.4, -0.2) is 16.4 Å². The number of benzene rings is 1. The van der Waals surface area contributed by atoms with Gasteiger partial charge in [-0.2, -0.15) is 0 Å². The molecule has 0 unspecified atom stereocenters. The van der Waals surface area contributed by atoms with Crippen LogP contribution in [-0.2, 0) is 0 Å². The maximum atomic E-state index is 13.5. The second-order valence-corrected chi connectivity index (χ2v) is 5.74. The SMILES string of the molecule is CC(C)(C)Nc1ccc(C(=O)Nc2ccccc2F)nc1. The van der Waals surface area contributed by atoms with E-state index in [1.807, 2.05) is 20.8 Å². The van der Waals surface area contributed by atoms with Gasteiger partial charge in [-0.25, -0.2) is 9.37 Å². The fraction of sp³-hybridized carbons (Fsp3) is 0.250. The summed E-state index contributed by atoms with van der Waals surface area (Å²) in [6, 6.07) is 9.39. The number of amides is 1. The monoisotopic (exact) mass is 287 g/mol. The zero-order valence-electron chi connectivity index (χ0n) is 12.3. The maximum Gasteiger partial charge on any atom is 0.274 e. The average Bonchev–Trinajstić information content (AvgIpc) is 2.40. The van der Waals surface area contributed by atoms with Crippen molar-refractivity contribution < 1.29 is 9.18 Å². The Hall–Kier alpha value is -2.43. The van der Waals surface area contributed by atoms with Crippen molar-refractivity contribution in [2.24, 2.45) is 0 Å². The number of nitrogens with zero attached hydrogens (tertiary/aromatic N) is 1. The van der Waals surface area contributed by atoms with E-state index in [2.05, 4.69) is 15.6 Å². The number of hydrogen-bond acceptors (Lipinski definition) is 3. The van der Waals surface area contributed by atoms with Crippen molar-refractivity contribution in [3.05, 3.63) is 54.1 Å². The molecule has 5 heteroatoms. The van der Waals surface area contributed by atoms with Crippen molar-refractivity contribution in [1.29, 1.82) is 0 Å². The summed E-state index contributed by atoms with van der Waals surface area (Å²) in [5.74, 6) is -0.917. The zero-order valence-corrected chi connectivity index (χ0v) is 12.3. The van der Waals surface area contributed by atoms with Crippen LogP contribution < -0.4 is 10.6 Å². The highest BCUT2D eigenvalue weighted by atomic mass is 19.1. The number of para-hydroxylation sites is 1. The van der Waals surface area contributed by atoms with Crippen molar-refractivity contribution >= 4 is 17.3 Å². The Bertz CT molecular complexity index is 633. The van der Waals surface area contributed by atoms with E-state index in [0.29, 0.717) is 0 Å². The summed E-state index contributed by atoms with van der Waals surface area (Å²) < 4.78 is 13.5. The molecule has 4 nitrogen and oxygen atoms in total. The lowest BCUT2D eigenvalue weighted by Gasteiger charge is -2.21. The van der Waals surface area contributed by atoms with Crippen molar-refractivity contribution in [1.82, 2.24) is 4.98 Å². The number of anilines is 2. The molecule has 0 aliphatic carbocycles. The summed E-state index contributed by atoms with van der Waals surface area (Å²) in [5.41, 5.74) is 1.11. The molecular weight excluding hydrogens is 269 g/mol. The molecule has 1 amide bonds. The Morgan fingerprint density at radius 2 is 1.86 bits per heavy atom. The number of nitrogens with one attached hydrogen (secondary N) is 2. The van der Waals surface area contributed by atoms with Gasteiger partial charge in [-0.3, -0.25) is 4.79 Å². The molecule has 1 aromatic carbocycles. The molecule has 0 fully saturated rings. The van der Waals surface area contributed by atoms with Crippen LogP contribution in [0.2, 0.25) is 0 Å². The number of carbonyl (C=O) groups excluding carboxylic acids is 1. The topological polar surface area (TPSA) is 54.0 Å². The van der Waals surface area contributed by atoms with Crippen LogP contribution in [0.1, 0.15) is 31.3 Å². The highest BCUT2D eigenvalue weighted by Gasteiger charge is 2.12. The van der Waals surface area contributed by atoms with Gasteiger partial charge in [0.05, 0.1) is 17.6 Å². The molecule has 0 atom stereocenters. The molecule has 0 saturated heterocycles. The Kier molecular flexibility index (Phi) is 4.21. The molecule has 0 radical (unpaired) electrons. The predicted octanol–water partition coefficient (Wildman–Crippen LogP) is 3.68. The molecule has 2 rings (SSSR count). The van der Waals surface area contributed by atoms with Crippen molar-refractivity contribution in [2.75, 3.05) is 10.6 Å². The molecule has 0 spiro atoms. The van der Waals surface area contributed by atoms with Crippen LogP contribution in [0.25, 0.3) is 0 Å². The largest absolute Gasteiger partial charge is 0.379 e. The summed E-state index contributed by atoms with van der Waals surface area (Å²) in [4.78, 5) is 16.1. The molecule has 21 heavy (non-hydrogen) atoms. The van der Waals surface area contributed by atoms with E-state index in [4.69, 9.17) is 0 Å². The standard InChI is InChI=1S/C16H18FN3O/c1-16(2,3)20-11-8-9-14(18-10-11)15(21)19-13-7-5-4-6-12(13)17/h4-10,20H,1-3H3,(H,19,21). The highest BCUT2D eigenvalue weighted by Crippen LogP contribution is 2.16. The smallest absolute Gasteiger partial charge is 0.274 e. The Morgan fingerprint density at radius 1 is 1.14 bits per heavy atom. The number of pyridine rings is 1. The third kappa shape index (κ3) is 4.27. The van der Waals surface area contributed by atoms with Gasteiger partial charge in [0.2, 0.25) is 0 Å². The van der Waals surface area contributed by atoms with Gasteiger partial charge < -0.3 is 10.6 Å². The van der Waals surface area contributed by atoms with E-state index < -0.39 is 11.7 Å². The first-order valence-corrected chi connectivity index (χ1v) is 6.65. The van der Waals surface area contributed by atoms with Crippen LogP contribution >= 0.6 is 0 Å². The van der Waals surface area contributed by atoms with E-state index in [-0.39, 0.29) is 16.9 Å². The Balaban J connectivity index is 2.08. The van der Waals surface area contributed by atoms with Crippen molar-refractivity contribution in [2.45, 2.75) is 26.3 Å². The minimum Gasteiger partial charge on any atom is -0.379 e. The predicted molar refractivity (Wildman–Crippen MR) is 82.0 cm³/mol. The summed E-state index contributed by atoms with van der Waals surface area (Å²) in [6.07, 6.45) is 1.58. The normalized spacial score (nSPS) is 11.0. The fourth-order valence-electron chi connectivity index (χ4n) is 1.78. The fourth-order valence-corrected chi connectivity index (χ4v) is 1.78. The van der Waals surface area contributed by atoms with E-state index in [1.165, 1.54) is 12.1 Å². The first-order chi connectivity index (χ1) is 9.85. The highest BCUT2D eigenvalue weighted by molar-refractivity contribution is 6.03. The van der Waals surface area contributed by atoms with Crippen LogP contribution in [0.15, 0.2) is 42.6 Å². The number of rotatable bonds is 3. The van der Waals surface area contributed by atoms with Crippen LogP contribution in [0.3, 0.4) is 0 Å². The molecule has 0 bridgehead atoms. The number of hydrogen-bond donors (Lipinski definition) is 2. The van der Waals surface area contributed by atoms with E-state index in [0.717, 1.165) is 5.69 Å².